The van der Waals surface area contributed by atoms with Crippen molar-refractivity contribution in [2.45, 2.75) is 18.5 Å². The van der Waals surface area contributed by atoms with Gasteiger partial charge in [-0.2, -0.15) is 13.2 Å². The predicted octanol–water partition coefficient (Wildman–Crippen LogP) is 4.34. The molecule has 0 spiro atoms. The van der Waals surface area contributed by atoms with Gasteiger partial charge in [-0.25, -0.2) is 0 Å². The number of carbonyl (C=O) groups is 1. The smallest absolute Gasteiger partial charge is 0.298 e. The van der Waals surface area contributed by atoms with Gasteiger partial charge in [-0.15, -0.1) is 11.6 Å². The van der Waals surface area contributed by atoms with Crippen LogP contribution in [0.25, 0.3) is 0 Å². The molecule has 6 heteroatoms. The predicted molar refractivity (Wildman–Crippen MR) is 58.4 cm³/mol. The van der Waals surface area contributed by atoms with Crippen molar-refractivity contribution in [3.8, 4) is 0 Å². The first-order valence-corrected chi connectivity index (χ1v) is 5.47. The number of hydrogen-bond donors (Lipinski definition) is 0. The first-order valence-electron chi connectivity index (χ1n) is 4.24. The number of carbonyl (C=O) groups excluding carboxylic acids is 1. The van der Waals surface area contributed by atoms with Gasteiger partial charge in [0.25, 0.3) is 0 Å². The second kappa shape index (κ2) is 4.75. The molecular weight excluding hydrogens is 308 g/mol. The van der Waals surface area contributed by atoms with Gasteiger partial charge in [0.1, 0.15) is 5.38 Å². The Hall–Kier alpha value is -0.550. The van der Waals surface area contributed by atoms with Gasteiger partial charge >= 0.3 is 6.18 Å². The normalized spacial score (nSPS) is 13.6. The van der Waals surface area contributed by atoms with E-state index < -0.39 is 22.9 Å². The fourth-order valence-electron chi connectivity index (χ4n) is 1.16. The summed E-state index contributed by atoms with van der Waals surface area (Å²) in [6, 6.07) is 3.21. The van der Waals surface area contributed by atoms with E-state index in [1.165, 1.54) is 13.0 Å². The number of ketones is 1. The lowest BCUT2D eigenvalue weighted by atomic mass is 10.1. The Morgan fingerprint density at radius 1 is 1.38 bits per heavy atom. The zero-order valence-electron chi connectivity index (χ0n) is 8.11. The highest BCUT2D eigenvalue weighted by molar-refractivity contribution is 9.10. The van der Waals surface area contributed by atoms with E-state index in [0.717, 1.165) is 12.1 Å². The van der Waals surface area contributed by atoms with E-state index >= 15 is 0 Å². The Balaban J connectivity index is 3.23. The van der Waals surface area contributed by atoms with E-state index in [4.69, 9.17) is 11.6 Å². The lowest BCUT2D eigenvalue weighted by Gasteiger charge is -2.12. The Kier molecular flexibility index (Phi) is 4.02. The number of benzene rings is 1. The van der Waals surface area contributed by atoms with Crippen LogP contribution in [0.2, 0.25) is 0 Å². The van der Waals surface area contributed by atoms with Gasteiger partial charge in [0.2, 0.25) is 0 Å². The van der Waals surface area contributed by atoms with E-state index in [2.05, 4.69) is 15.9 Å². The highest BCUT2D eigenvalue weighted by atomic mass is 79.9. The summed E-state index contributed by atoms with van der Waals surface area (Å²) < 4.78 is 37.6. The summed E-state index contributed by atoms with van der Waals surface area (Å²) in [5.41, 5.74) is -0.695. The van der Waals surface area contributed by atoms with Crippen molar-refractivity contribution in [3.05, 3.63) is 33.8 Å². The molecule has 16 heavy (non-hydrogen) atoms. The standard InChI is InChI=1S/C10H7BrClF3O/c1-5(16)9(12)6-2-7(10(13,14)15)4-8(11)3-6/h2-4,9H,1H3. The maximum Gasteiger partial charge on any atom is 0.416 e. The molecule has 88 valence electrons. The molecule has 0 heterocycles. The quantitative estimate of drug-likeness (QED) is 0.742. The van der Waals surface area contributed by atoms with Gasteiger partial charge < -0.3 is 0 Å². The molecule has 0 amide bonds. The summed E-state index contributed by atoms with van der Waals surface area (Å²) in [5.74, 6) is -0.395. The summed E-state index contributed by atoms with van der Waals surface area (Å²) >= 11 is 8.65. The van der Waals surface area contributed by atoms with Crippen molar-refractivity contribution in [3.63, 3.8) is 0 Å². The topological polar surface area (TPSA) is 17.1 Å². The van der Waals surface area contributed by atoms with Crippen LogP contribution in [0, 0.1) is 0 Å². The molecule has 1 atom stereocenters. The van der Waals surface area contributed by atoms with Crippen LogP contribution in [0.5, 0.6) is 0 Å². The van der Waals surface area contributed by atoms with Crippen LogP contribution in [0.1, 0.15) is 23.4 Å². The highest BCUT2D eigenvalue weighted by Gasteiger charge is 2.31. The Bertz CT molecular complexity index is 417. The molecule has 1 unspecified atom stereocenters. The molecule has 0 saturated carbocycles. The molecule has 0 bridgehead atoms. The number of Topliss-reactive ketones (excluding diaryl/α,β-unsaturated/α-hetero) is 1. The van der Waals surface area contributed by atoms with Crippen LogP contribution >= 0.6 is 27.5 Å². The zero-order chi connectivity index (χ0) is 12.5. The minimum Gasteiger partial charge on any atom is -0.298 e. The minimum absolute atomic E-state index is 0.135. The highest BCUT2D eigenvalue weighted by Crippen LogP contribution is 2.34. The van der Waals surface area contributed by atoms with Crippen LogP contribution in [0.3, 0.4) is 0 Å². The summed E-state index contributed by atoms with van der Waals surface area (Å²) in [7, 11) is 0. The molecule has 1 nitrogen and oxygen atoms in total. The lowest BCUT2D eigenvalue weighted by molar-refractivity contribution is -0.137. The molecule has 0 aliphatic rings. The third-order valence-electron chi connectivity index (χ3n) is 1.90. The van der Waals surface area contributed by atoms with Gasteiger partial charge in [0.15, 0.2) is 5.78 Å². The number of halogens is 5. The van der Waals surface area contributed by atoms with Crippen LogP contribution in [-0.2, 0) is 11.0 Å². The maximum absolute atomic E-state index is 12.5. The van der Waals surface area contributed by atoms with Gasteiger partial charge in [0.05, 0.1) is 5.56 Å². The van der Waals surface area contributed by atoms with Crippen molar-refractivity contribution in [2.24, 2.45) is 0 Å². The van der Waals surface area contributed by atoms with Crippen LogP contribution in [-0.4, -0.2) is 5.78 Å². The van der Waals surface area contributed by atoms with Crippen molar-refractivity contribution >= 4 is 33.3 Å². The van der Waals surface area contributed by atoms with E-state index in [0.29, 0.717) is 0 Å². The molecule has 0 aliphatic carbocycles. The van der Waals surface area contributed by atoms with Gasteiger partial charge in [-0.1, -0.05) is 15.9 Å². The fraction of sp³-hybridized carbons (Fsp3) is 0.300. The Morgan fingerprint density at radius 3 is 2.38 bits per heavy atom. The van der Waals surface area contributed by atoms with Gasteiger partial charge in [0, 0.05) is 4.47 Å². The third kappa shape index (κ3) is 3.22. The number of alkyl halides is 4. The Labute approximate surface area is 104 Å². The van der Waals surface area contributed by atoms with Gasteiger partial charge in [-0.05, 0) is 30.7 Å². The molecule has 0 fully saturated rings. The number of hydrogen-bond acceptors (Lipinski definition) is 1. The van der Waals surface area contributed by atoms with Crippen molar-refractivity contribution in [1.82, 2.24) is 0 Å². The average molecular weight is 316 g/mol. The molecule has 1 aromatic rings. The molecule has 0 aromatic heterocycles. The first-order chi connectivity index (χ1) is 7.21. The summed E-state index contributed by atoms with van der Waals surface area (Å²) in [4.78, 5) is 11.0. The molecule has 0 saturated heterocycles. The molecule has 1 aromatic carbocycles. The molecule has 0 N–H and O–H groups in total. The Morgan fingerprint density at radius 2 is 1.94 bits per heavy atom. The summed E-state index contributed by atoms with van der Waals surface area (Å²) in [6.07, 6.45) is -4.45. The van der Waals surface area contributed by atoms with E-state index in [1.54, 1.807) is 0 Å². The van der Waals surface area contributed by atoms with Crippen molar-refractivity contribution in [2.75, 3.05) is 0 Å². The van der Waals surface area contributed by atoms with E-state index in [9.17, 15) is 18.0 Å². The fourth-order valence-corrected chi connectivity index (χ4v) is 1.79. The monoisotopic (exact) mass is 314 g/mol. The average Bonchev–Trinajstić information content (AvgIpc) is 2.14. The van der Waals surface area contributed by atoms with Crippen molar-refractivity contribution < 1.29 is 18.0 Å². The number of rotatable bonds is 2. The second-order valence-electron chi connectivity index (χ2n) is 3.24. The van der Waals surface area contributed by atoms with E-state index in [1.807, 2.05) is 0 Å². The minimum atomic E-state index is -4.45. The first kappa shape index (κ1) is 13.5. The van der Waals surface area contributed by atoms with Crippen LogP contribution in [0.4, 0.5) is 13.2 Å². The molecule has 0 radical (unpaired) electrons. The van der Waals surface area contributed by atoms with Crippen LogP contribution in [0.15, 0.2) is 22.7 Å². The van der Waals surface area contributed by atoms with E-state index in [-0.39, 0.29) is 10.0 Å². The van der Waals surface area contributed by atoms with Crippen molar-refractivity contribution in [1.29, 1.82) is 0 Å². The summed E-state index contributed by atoms with van der Waals surface area (Å²) in [6.45, 7) is 1.23. The zero-order valence-corrected chi connectivity index (χ0v) is 10.4. The molecule has 1 rings (SSSR count). The maximum atomic E-state index is 12.5. The largest absolute Gasteiger partial charge is 0.416 e. The summed E-state index contributed by atoms with van der Waals surface area (Å²) in [5, 5.41) is -1.06. The molecule has 0 aliphatic heterocycles. The van der Waals surface area contributed by atoms with Crippen LogP contribution < -0.4 is 0 Å². The van der Waals surface area contributed by atoms with Gasteiger partial charge in [-0.3, -0.25) is 4.79 Å². The third-order valence-corrected chi connectivity index (χ3v) is 2.91. The SMILES string of the molecule is CC(=O)C(Cl)c1cc(Br)cc(C(F)(F)F)c1. The second-order valence-corrected chi connectivity index (χ2v) is 4.60. The lowest BCUT2D eigenvalue weighted by Crippen LogP contribution is -2.08. The molecular formula is C10H7BrClF3O.